The van der Waals surface area contributed by atoms with Crippen LogP contribution in [0.25, 0.3) is 0 Å². The van der Waals surface area contributed by atoms with Gasteiger partial charge in [0.05, 0.1) is 20.3 Å². The van der Waals surface area contributed by atoms with Gasteiger partial charge in [0.15, 0.2) is 11.5 Å². The number of rotatable bonds is 6. The lowest BCUT2D eigenvalue weighted by Gasteiger charge is -2.39. The first-order chi connectivity index (χ1) is 14.2. The molecule has 0 spiro atoms. The van der Waals surface area contributed by atoms with Crippen LogP contribution in [0.5, 0.6) is 11.5 Å². The molecule has 1 aliphatic heterocycles. The monoisotopic (exact) mass is 409 g/mol. The molecular weight excluding hydrogens is 374 g/mol. The number of carbonyl (C=O) groups excluding carboxylic acids is 1. The van der Waals surface area contributed by atoms with Gasteiger partial charge in [-0.3, -0.25) is 4.79 Å². The van der Waals surface area contributed by atoms with Gasteiger partial charge in [0.25, 0.3) is 0 Å². The van der Waals surface area contributed by atoms with Crippen LogP contribution < -0.4 is 9.47 Å². The molecule has 30 heavy (non-hydrogen) atoms. The maximum atomic E-state index is 13.4. The Kier molecular flexibility index (Phi) is 6.74. The standard InChI is InChI=1S/C26H35NO3/c1-18(17-26(2,3)4)14-24(28)27-13-12-20-15-22(29-5)23(30-6)16-21(20)25(27)19-10-8-7-9-11-19/h7-11,15-16,18,25H,12-14,17H2,1-6H3. The first-order valence-corrected chi connectivity index (χ1v) is 10.8. The van der Waals surface area contributed by atoms with Gasteiger partial charge >= 0.3 is 0 Å². The molecule has 4 heteroatoms. The summed E-state index contributed by atoms with van der Waals surface area (Å²) in [5, 5.41) is 0. The number of fused-ring (bicyclic) bond motifs is 1. The van der Waals surface area contributed by atoms with E-state index >= 15 is 0 Å². The minimum Gasteiger partial charge on any atom is -0.493 e. The second-order valence-corrected chi connectivity index (χ2v) is 9.63. The summed E-state index contributed by atoms with van der Waals surface area (Å²) in [5.41, 5.74) is 3.69. The highest BCUT2D eigenvalue weighted by atomic mass is 16.5. The number of nitrogens with zero attached hydrogens (tertiary/aromatic N) is 1. The molecule has 1 amide bonds. The van der Waals surface area contributed by atoms with E-state index in [4.69, 9.17) is 9.47 Å². The van der Waals surface area contributed by atoms with Gasteiger partial charge in [0.2, 0.25) is 5.91 Å². The Hall–Kier alpha value is -2.49. The first kappa shape index (κ1) is 22.2. The van der Waals surface area contributed by atoms with Crippen LogP contribution >= 0.6 is 0 Å². The lowest BCUT2D eigenvalue weighted by molar-refractivity contribution is -0.134. The van der Waals surface area contributed by atoms with E-state index in [2.05, 4.69) is 50.8 Å². The summed E-state index contributed by atoms with van der Waals surface area (Å²) in [6.45, 7) is 9.60. The molecule has 0 radical (unpaired) electrons. The molecule has 0 saturated heterocycles. The molecule has 0 N–H and O–H groups in total. The van der Waals surface area contributed by atoms with Crippen molar-refractivity contribution in [1.29, 1.82) is 0 Å². The number of hydrogen-bond acceptors (Lipinski definition) is 3. The van der Waals surface area contributed by atoms with Gasteiger partial charge in [-0.15, -0.1) is 0 Å². The molecular formula is C26H35NO3. The number of amides is 1. The van der Waals surface area contributed by atoms with Crippen LogP contribution in [0.15, 0.2) is 42.5 Å². The number of hydrogen-bond donors (Lipinski definition) is 0. The van der Waals surface area contributed by atoms with Gasteiger partial charge in [-0.2, -0.15) is 0 Å². The van der Waals surface area contributed by atoms with Gasteiger partial charge in [0.1, 0.15) is 0 Å². The van der Waals surface area contributed by atoms with Crippen molar-refractivity contribution in [2.24, 2.45) is 11.3 Å². The Labute approximate surface area is 181 Å². The van der Waals surface area contributed by atoms with E-state index in [-0.39, 0.29) is 17.4 Å². The van der Waals surface area contributed by atoms with Crippen LogP contribution in [-0.4, -0.2) is 31.6 Å². The van der Waals surface area contributed by atoms with Gasteiger partial charge in [-0.25, -0.2) is 0 Å². The van der Waals surface area contributed by atoms with E-state index in [0.29, 0.717) is 24.6 Å². The van der Waals surface area contributed by atoms with Crippen LogP contribution in [0, 0.1) is 11.3 Å². The number of ether oxygens (including phenoxy) is 2. The highest BCUT2D eigenvalue weighted by Gasteiger charge is 2.34. The molecule has 3 rings (SSSR count). The van der Waals surface area contributed by atoms with Crippen molar-refractivity contribution >= 4 is 5.91 Å². The number of methoxy groups -OCH3 is 2. The van der Waals surface area contributed by atoms with Crippen molar-refractivity contribution in [2.45, 2.75) is 53.0 Å². The molecule has 0 aliphatic carbocycles. The molecule has 2 atom stereocenters. The highest BCUT2D eigenvalue weighted by Crippen LogP contribution is 2.41. The quantitative estimate of drug-likeness (QED) is 0.620. The van der Waals surface area contributed by atoms with E-state index in [1.54, 1.807) is 14.2 Å². The average molecular weight is 410 g/mol. The normalized spacial score (nSPS) is 17.3. The van der Waals surface area contributed by atoms with Gasteiger partial charge < -0.3 is 14.4 Å². The van der Waals surface area contributed by atoms with Crippen molar-refractivity contribution in [3.8, 4) is 11.5 Å². The van der Waals surface area contributed by atoms with Crippen LogP contribution in [-0.2, 0) is 11.2 Å². The predicted molar refractivity (Wildman–Crippen MR) is 121 cm³/mol. The maximum absolute atomic E-state index is 13.4. The summed E-state index contributed by atoms with van der Waals surface area (Å²) >= 11 is 0. The number of carbonyl (C=O) groups is 1. The van der Waals surface area contributed by atoms with Crippen LogP contribution in [0.3, 0.4) is 0 Å². The summed E-state index contributed by atoms with van der Waals surface area (Å²) in [6.07, 6.45) is 2.42. The zero-order valence-corrected chi connectivity index (χ0v) is 19.2. The highest BCUT2D eigenvalue weighted by molar-refractivity contribution is 5.78. The van der Waals surface area contributed by atoms with E-state index in [9.17, 15) is 4.79 Å². The molecule has 2 unspecified atom stereocenters. The molecule has 2 aromatic rings. The molecule has 4 nitrogen and oxygen atoms in total. The molecule has 0 bridgehead atoms. The van der Waals surface area contributed by atoms with Crippen molar-refractivity contribution in [3.05, 3.63) is 59.2 Å². The fraction of sp³-hybridized carbons (Fsp3) is 0.500. The fourth-order valence-corrected chi connectivity index (χ4v) is 4.74. The molecule has 1 heterocycles. The molecule has 162 valence electrons. The third-order valence-electron chi connectivity index (χ3n) is 5.79. The van der Waals surface area contributed by atoms with E-state index < -0.39 is 0 Å². The summed E-state index contributed by atoms with van der Waals surface area (Å²) in [4.78, 5) is 15.5. The second kappa shape index (κ2) is 9.11. The maximum Gasteiger partial charge on any atom is 0.223 e. The van der Waals surface area contributed by atoms with Crippen molar-refractivity contribution in [1.82, 2.24) is 4.90 Å². The first-order valence-electron chi connectivity index (χ1n) is 10.8. The molecule has 0 aromatic heterocycles. The van der Waals surface area contributed by atoms with Crippen molar-refractivity contribution < 1.29 is 14.3 Å². The molecule has 2 aromatic carbocycles. The minimum atomic E-state index is -0.107. The average Bonchev–Trinajstić information content (AvgIpc) is 2.70. The van der Waals surface area contributed by atoms with Crippen LogP contribution in [0.2, 0.25) is 0 Å². The Morgan fingerprint density at radius 3 is 2.33 bits per heavy atom. The van der Waals surface area contributed by atoms with E-state index in [1.807, 2.05) is 24.3 Å². The Bertz CT molecular complexity index is 870. The zero-order chi connectivity index (χ0) is 21.9. The second-order valence-electron chi connectivity index (χ2n) is 9.63. The van der Waals surface area contributed by atoms with Crippen molar-refractivity contribution in [2.75, 3.05) is 20.8 Å². The molecule has 1 aliphatic rings. The minimum absolute atomic E-state index is 0.107. The molecule has 0 fully saturated rings. The lowest BCUT2D eigenvalue weighted by Crippen LogP contribution is -2.41. The SMILES string of the molecule is COc1cc2c(cc1OC)C(c1ccccc1)N(C(=O)CC(C)CC(C)(C)C)CC2. The van der Waals surface area contributed by atoms with E-state index in [0.717, 1.165) is 29.7 Å². The Morgan fingerprint density at radius 1 is 1.10 bits per heavy atom. The Morgan fingerprint density at radius 2 is 1.73 bits per heavy atom. The van der Waals surface area contributed by atoms with Crippen LogP contribution in [0.4, 0.5) is 0 Å². The molecule has 0 saturated carbocycles. The summed E-state index contributed by atoms with van der Waals surface area (Å²) in [6, 6.07) is 14.3. The lowest BCUT2D eigenvalue weighted by atomic mass is 9.83. The zero-order valence-electron chi connectivity index (χ0n) is 19.2. The Balaban J connectivity index is 1.98. The fourth-order valence-electron chi connectivity index (χ4n) is 4.74. The van der Waals surface area contributed by atoms with Crippen LogP contribution in [0.1, 0.15) is 63.3 Å². The van der Waals surface area contributed by atoms with Gasteiger partial charge in [0, 0.05) is 13.0 Å². The predicted octanol–water partition coefficient (Wildman–Crippen LogP) is 5.64. The summed E-state index contributed by atoms with van der Waals surface area (Å²) in [5.74, 6) is 2.01. The third-order valence-corrected chi connectivity index (χ3v) is 5.79. The van der Waals surface area contributed by atoms with E-state index in [1.165, 1.54) is 5.56 Å². The smallest absolute Gasteiger partial charge is 0.223 e. The summed E-state index contributed by atoms with van der Waals surface area (Å²) in [7, 11) is 3.32. The van der Waals surface area contributed by atoms with Gasteiger partial charge in [-0.1, -0.05) is 58.0 Å². The van der Waals surface area contributed by atoms with Crippen molar-refractivity contribution in [3.63, 3.8) is 0 Å². The van der Waals surface area contributed by atoms with Gasteiger partial charge in [-0.05, 0) is 53.0 Å². The number of benzene rings is 2. The topological polar surface area (TPSA) is 38.8 Å². The largest absolute Gasteiger partial charge is 0.493 e. The third kappa shape index (κ3) is 4.97. The summed E-state index contributed by atoms with van der Waals surface area (Å²) < 4.78 is 11.1.